The van der Waals surface area contributed by atoms with Crippen molar-refractivity contribution >= 4 is 24.8 Å². The average molecular weight is 609 g/mol. The molecule has 37 heavy (non-hydrogen) atoms. The molecule has 0 saturated carbocycles. The van der Waals surface area contributed by atoms with Crippen molar-refractivity contribution in [2.75, 3.05) is 0 Å². The van der Waals surface area contributed by atoms with E-state index in [4.69, 9.17) is 0 Å². The Morgan fingerprint density at radius 2 is 1.30 bits per heavy atom. The van der Waals surface area contributed by atoms with Crippen LogP contribution in [0.3, 0.4) is 0 Å². The molecular weight excluding hydrogens is 571 g/mol. The Morgan fingerprint density at radius 1 is 0.811 bits per heavy atom. The number of halogens is 2. The number of allylic oxidation sites excluding steroid dienone is 4. The molecule has 4 aromatic rings. The van der Waals surface area contributed by atoms with E-state index in [1.165, 1.54) is 72.1 Å². The Hall–Kier alpha value is -1.66. The van der Waals surface area contributed by atoms with Crippen LogP contribution >= 0.6 is 0 Å². The van der Waals surface area contributed by atoms with Gasteiger partial charge in [0, 0.05) is 0 Å². The van der Waals surface area contributed by atoms with Crippen molar-refractivity contribution in [3.63, 3.8) is 0 Å². The van der Waals surface area contributed by atoms with Crippen LogP contribution < -0.4 is 24.8 Å². The molecule has 0 N–H and O–H groups in total. The molecule has 0 spiro atoms. The van der Waals surface area contributed by atoms with E-state index in [2.05, 4.69) is 133 Å². The minimum absolute atomic E-state index is 0. The zero-order chi connectivity index (χ0) is 25.4. The SMILES string of the molecule is CCC1=[C-]C(CC)C=C1C(C)(C)C.C[C](=[Zr+2])c1ccccc1.[Cl-].[Cl-].c1ccc2c(c1)[cH-]c1ccccc12. The van der Waals surface area contributed by atoms with Gasteiger partial charge >= 0.3 is 70.3 Å². The molecule has 0 bridgehead atoms. The summed E-state index contributed by atoms with van der Waals surface area (Å²) < 4.78 is 1.46. The van der Waals surface area contributed by atoms with Gasteiger partial charge in [0.15, 0.2) is 0 Å². The van der Waals surface area contributed by atoms with E-state index in [-0.39, 0.29) is 24.8 Å². The van der Waals surface area contributed by atoms with Gasteiger partial charge in [-0.3, -0.25) is 6.08 Å². The van der Waals surface area contributed by atoms with Crippen molar-refractivity contribution in [3.05, 3.63) is 114 Å². The van der Waals surface area contributed by atoms with Crippen molar-refractivity contribution < 1.29 is 49.0 Å². The summed E-state index contributed by atoms with van der Waals surface area (Å²) >= 11 is 1.51. The summed E-state index contributed by atoms with van der Waals surface area (Å²) in [6.07, 6.45) is 8.28. The van der Waals surface area contributed by atoms with Crippen LogP contribution in [0.2, 0.25) is 0 Å². The molecule has 3 heteroatoms. The van der Waals surface area contributed by atoms with Crippen LogP contribution in [0.15, 0.2) is 102 Å². The van der Waals surface area contributed by atoms with Crippen molar-refractivity contribution in [2.45, 2.75) is 54.4 Å². The molecule has 5 rings (SSSR count). The van der Waals surface area contributed by atoms with Gasteiger partial charge in [0.25, 0.3) is 0 Å². The van der Waals surface area contributed by atoms with Gasteiger partial charge < -0.3 is 24.8 Å². The first-order valence-electron chi connectivity index (χ1n) is 12.7. The van der Waals surface area contributed by atoms with Crippen LogP contribution in [0.5, 0.6) is 0 Å². The normalized spacial score (nSPS) is 14.2. The molecule has 1 aliphatic rings. The minimum atomic E-state index is 0. The predicted molar refractivity (Wildman–Crippen MR) is 152 cm³/mol. The van der Waals surface area contributed by atoms with Crippen molar-refractivity contribution in [1.29, 1.82) is 0 Å². The van der Waals surface area contributed by atoms with E-state index in [1.807, 2.05) is 6.07 Å². The maximum absolute atomic E-state index is 3.57. The van der Waals surface area contributed by atoms with Crippen molar-refractivity contribution in [2.24, 2.45) is 11.3 Å². The molecule has 1 aliphatic carbocycles. The van der Waals surface area contributed by atoms with Crippen molar-refractivity contribution in [1.82, 2.24) is 0 Å². The van der Waals surface area contributed by atoms with E-state index in [9.17, 15) is 0 Å². The molecular formula is C34H38Cl2Zr-2. The van der Waals surface area contributed by atoms with E-state index in [0.717, 1.165) is 6.42 Å². The second kappa shape index (κ2) is 15.7. The van der Waals surface area contributed by atoms with Crippen LogP contribution in [0.25, 0.3) is 21.5 Å². The summed E-state index contributed by atoms with van der Waals surface area (Å²) in [4.78, 5) is 0. The minimum Gasteiger partial charge on any atom is -1.00 e. The summed E-state index contributed by atoms with van der Waals surface area (Å²) in [7, 11) is 0. The first-order valence-corrected chi connectivity index (χ1v) is 14.0. The van der Waals surface area contributed by atoms with Gasteiger partial charge in [-0.2, -0.15) is 11.6 Å². The molecule has 0 saturated heterocycles. The van der Waals surface area contributed by atoms with E-state index < -0.39 is 0 Å². The summed E-state index contributed by atoms with van der Waals surface area (Å²) in [5.74, 6) is 0.573. The number of hydrogen-bond acceptors (Lipinski definition) is 0. The maximum atomic E-state index is 3.57. The fourth-order valence-electron chi connectivity index (χ4n) is 4.45. The molecule has 4 aromatic carbocycles. The fraction of sp³-hybridized carbons (Fsp3) is 0.294. The van der Waals surface area contributed by atoms with Crippen LogP contribution in [0, 0.1) is 17.4 Å². The third-order valence-corrected chi connectivity index (χ3v) is 7.09. The Morgan fingerprint density at radius 3 is 1.68 bits per heavy atom. The molecule has 0 aliphatic heterocycles. The molecule has 0 nitrogen and oxygen atoms in total. The first kappa shape index (κ1) is 33.4. The van der Waals surface area contributed by atoms with Gasteiger partial charge in [0.1, 0.15) is 0 Å². The Labute approximate surface area is 251 Å². The largest absolute Gasteiger partial charge is 1.00 e. The molecule has 0 radical (unpaired) electrons. The summed E-state index contributed by atoms with van der Waals surface area (Å²) in [6, 6.07) is 29.7. The second-order valence-corrected chi connectivity index (χ2v) is 12.0. The fourth-order valence-corrected chi connectivity index (χ4v) is 4.86. The number of benzene rings is 3. The number of rotatable bonds is 3. The first-order chi connectivity index (χ1) is 16.7. The van der Waals surface area contributed by atoms with Gasteiger partial charge in [-0.05, 0) is 0 Å². The summed E-state index contributed by atoms with van der Waals surface area (Å²) in [6.45, 7) is 13.5. The van der Waals surface area contributed by atoms with E-state index >= 15 is 0 Å². The predicted octanol–water partition coefficient (Wildman–Crippen LogP) is 3.63. The third-order valence-electron chi connectivity index (χ3n) is 6.38. The second-order valence-electron chi connectivity index (χ2n) is 10.1. The summed E-state index contributed by atoms with van der Waals surface area (Å²) in [5, 5.41) is 5.39. The van der Waals surface area contributed by atoms with Gasteiger partial charge in [-0.15, -0.1) is 39.7 Å². The van der Waals surface area contributed by atoms with Crippen molar-refractivity contribution in [3.8, 4) is 0 Å². The molecule has 1 atom stereocenters. The molecule has 1 unspecified atom stereocenters. The Bertz CT molecular complexity index is 1270. The Balaban J connectivity index is 0.000000275. The molecule has 0 fully saturated rings. The molecule has 194 valence electrons. The molecule has 0 heterocycles. The average Bonchev–Trinajstić information content (AvgIpc) is 3.47. The zero-order valence-electron chi connectivity index (χ0n) is 22.9. The van der Waals surface area contributed by atoms with Crippen LogP contribution in [-0.2, 0) is 24.2 Å². The van der Waals surface area contributed by atoms with E-state index in [1.54, 1.807) is 0 Å². The number of hydrogen-bond donors (Lipinski definition) is 0. The zero-order valence-corrected chi connectivity index (χ0v) is 26.9. The van der Waals surface area contributed by atoms with Gasteiger partial charge in [0.05, 0.1) is 0 Å². The van der Waals surface area contributed by atoms with Gasteiger partial charge in [-0.1, -0.05) is 95.2 Å². The van der Waals surface area contributed by atoms with Gasteiger partial charge in [0.2, 0.25) is 0 Å². The monoisotopic (exact) mass is 606 g/mol. The van der Waals surface area contributed by atoms with E-state index in [0.29, 0.717) is 11.3 Å². The summed E-state index contributed by atoms with van der Waals surface area (Å²) in [5.41, 5.74) is 4.62. The molecule has 0 amide bonds. The Kier molecular flexibility index (Phi) is 14.1. The maximum Gasteiger partial charge on any atom is -0.0771 e. The van der Waals surface area contributed by atoms with Crippen LogP contribution in [0.4, 0.5) is 0 Å². The molecule has 0 aromatic heterocycles. The smallest absolute Gasteiger partial charge is 0.0771 e. The topological polar surface area (TPSA) is 0 Å². The van der Waals surface area contributed by atoms with Gasteiger partial charge in [-0.25, -0.2) is 5.57 Å². The quantitative estimate of drug-likeness (QED) is 0.312. The standard InChI is InChI=1S/C13H9.C13H21.C8H8.2ClH.Zr/c1-3-7-12-10(5-1)9-11-6-2-4-8-13(11)12;1-6-10-8-11(7-2)12(9-10)13(3,4)5;1-2-8-6-4-3-5-7-8;;;/h1-9H;9-10H,6-7H2,1-5H3;3-7H,1H3;2*1H;/q2*-1;;;;+2/p-2. The third kappa shape index (κ3) is 9.24. The van der Waals surface area contributed by atoms with Crippen LogP contribution in [-0.4, -0.2) is 3.21 Å². The van der Waals surface area contributed by atoms with Crippen LogP contribution in [0.1, 0.15) is 59.9 Å². The number of fused-ring (bicyclic) bond motifs is 3.